The Kier molecular flexibility index (Phi) is 5.97. The van der Waals surface area contributed by atoms with Gasteiger partial charge in [-0.15, -0.1) is 0 Å². The summed E-state index contributed by atoms with van der Waals surface area (Å²) in [7, 11) is 1.62. The number of hydrogen-bond donors (Lipinski definition) is 1. The number of carbonyl (C=O) groups excluding carboxylic acids is 1. The molecule has 0 bridgehead atoms. The number of piperidine rings is 1. The lowest BCUT2D eigenvalue weighted by Crippen LogP contribution is -2.50. The summed E-state index contributed by atoms with van der Waals surface area (Å²) >= 11 is 1.57. The molecule has 6 heteroatoms. The largest absolute Gasteiger partial charge is 0.481 e. The number of amides is 1. The minimum absolute atomic E-state index is 0.0236. The lowest BCUT2D eigenvalue weighted by molar-refractivity contribution is -0.155. The lowest BCUT2D eigenvalue weighted by atomic mass is 9.76. The number of carboxylic acid groups (broad SMARTS) is 1. The van der Waals surface area contributed by atoms with Gasteiger partial charge in [-0.2, -0.15) is 11.3 Å². The Bertz CT molecular complexity index is 502. The van der Waals surface area contributed by atoms with Crippen molar-refractivity contribution in [1.82, 2.24) is 4.90 Å². The van der Waals surface area contributed by atoms with Gasteiger partial charge in [0.2, 0.25) is 5.91 Å². The van der Waals surface area contributed by atoms with Crippen LogP contribution in [0, 0.1) is 5.41 Å². The molecule has 1 aromatic heterocycles. The Labute approximate surface area is 134 Å². The fraction of sp³-hybridized carbons (Fsp3) is 0.625. The number of likely N-dealkylation sites (tertiary alicyclic amines) is 1. The third-order valence-corrected chi connectivity index (χ3v) is 5.05. The lowest BCUT2D eigenvalue weighted by Gasteiger charge is -2.40. The van der Waals surface area contributed by atoms with Crippen LogP contribution in [0.1, 0.15) is 31.2 Å². The van der Waals surface area contributed by atoms with E-state index in [2.05, 4.69) is 0 Å². The van der Waals surface area contributed by atoms with Crippen molar-refractivity contribution in [3.05, 3.63) is 22.4 Å². The smallest absolute Gasteiger partial charge is 0.311 e. The highest BCUT2D eigenvalue weighted by Crippen LogP contribution is 2.35. The Morgan fingerprint density at radius 3 is 2.95 bits per heavy atom. The summed E-state index contributed by atoms with van der Waals surface area (Å²) in [4.78, 5) is 25.9. The molecule has 0 aliphatic carbocycles. The maximum Gasteiger partial charge on any atom is 0.311 e. The second-order valence-corrected chi connectivity index (χ2v) is 6.69. The van der Waals surface area contributed by atoms with Crippen molar-refractivity contribution < 1.29 is 19.4 Å². The van der Waals surface area contributed by atoms with Gasteiger partial charge in [0.05, 0.1) is 11.8 Å². The van der Waals surface area contributed by atoms with Crippen LogP contribution in [0.5, 0.6) is 0 Å². The zero-order chi connectivity index (χ0) is 16.0. The first-order chi connectivity index (χ1) is 10.6. The molecule has 1 atom stereocenters. The summed E-state index contributed by atoms with van der Waals surface area (Å²) < 4.78 is 5.03. The number of carbonyl (C=O) groups is 2. The van der Waals surface area contributed by atoms with Gasteiger partial charge >= 0.3 is 5.97 Å². The van der Waals surface area contributed by atoms with Crippen LogP contribution in [-0.2, 0) is 20.7 Å². The molecule has 2 heterocycles. The first-order valence-electron chi connectivity index (χ1n) is 7.58. The normalized spacial score (nSPS) is 21.8. The Balaban J connectivity index is 2.01. The van der Waals surface area contributed by atoms with Gasteiger partial charge in [0.15, 0.2) is 0 Å². The second-order valence-electron chi connectivity index (χ2n) is 5.91. The van der Waals surface area contributed by atoms with Crippen LogP contribution in [0.15, 0.2) is 16.8 Å². The molecule has 22 heavy (non-hydrogen) atoms. The van der Waals surface area contributed by atoms with Gasteiger partial charge in [-0.3, -0.25) is 9.59 Å². The molecule has 0 spiro atoms. The van der Waals surface area contributed by atoms with Crippen LogP contribution >= 0.6 is 11.3 Å². The predicted molar refractivity (Wildman–Crippen MR) is 85.0 cm³/mol. The van der Waals surface area contributed by atoms with E-state index < -0.39 is 11.4 Å². The number of ether oxygens (including phenoxy) is 1. The SMILES string of the molecule is COCCC[C@]1(C(=O)O)CCCN(C(=O)Cc2ccsc2)C1. The summed E-state index contributed by atoms with van der Waals surface area (Å²) in [6.45, 7) is 1.52. The molecular weight excluding hydrogens is 302 g/mol. The van der Waals surface area contributed by atoms with Gasteiger partial charge in [0.25, 0.3) is 0 Å². The van der Waals surface area contributed by atoms with Gasteiger partial charge < -0.3 is 14.7 Å². The van der Waals surface area contributed by atoms with Crippen molar-refractivity contribution in [2.75, 3.05) is 26.8 Å². The van der Waals surface area contributed by atoms with E-state index in [1.165, 1.54) is 0 Å². The average molecular weight is 325 g/mol. The Morgan fingerprint density at radius 1 is 1.50 bits per heavy atom. The van der Waals surface area contributed by atoms with E-state index in [0.717, 1.165) is 12.0 Å². The summed E-state index contributed by atoms with van der Waals surface area (Å²) in [5.41, 5.74) is 0.182. The van der Waals surface area contributed by atoms with Crippen molar-refractivity contribution in [3.8, 4) is 0 Å². The number of methoxy groups -OCH3 is 1. The van der Waals surface area contributed by atoms with Crippen LogP contribution in [0.3, 0.4) is 0 Å². The molecule has 122 valence electrons. The molecule has 0 aromatic carbocycles. The first kappa shape index (κ1) is 17.0. The number of thiophene rings is 1. The van der Waals surface area contributed by atoms with Crippen LogP contribution < -0.4 is 0 Å². The number of carboxylic acids is 1. The summed E-state index contributed by atoms with van der Waals surface area (Å²) in [5, 5.41) is 13.6. The van der Waals surface area contributed by atoms with Gasteiger partial charge in [-0.1, -0.05) is 0 Å². The topological polar surface area (TPSA) is 66.8 Å². The van der Waals surface area contributed by atoms with E-state index in [9.17, 15) is 14.7 Å². The molecule has 0 radical (unpaired) electrons. The number of nitrogens with zero attached hydrogens (tertiary/aromatic N) is 1. The molecule has 0 unspecified atom stereocenters. The minimum atomic E-state index is -0.818. The fourth-order valence-corrected chi connectivity index (χ4v) is 3.73. The molecule has 5 nitrogen and oxygen atoms in total. The maximum absolute atomic E-state index is 12.4. The first-order valence-corrected chi connectivity index (χ1v) is 8.53. The van der Waals surface area contributed by atoms with E-state index in [1.807, 2.05) is 16.8 Å². The summed E-state index contributed by atoms with van der Waals surface area (Å²) in [6, 6.07) is 1.94. The molecule has 1 fully saturated rings. The van der Waals surface area contributed by atoms with Crippen LogP contribution in [0.4, 0.5) is 0 Å². The molecule has 0 saturated carbocycles. The zero-order valence-corrected chi connectivity index (χ0v) is 13.7. The van der Waals surface area contributed by atoms with E-state index in [1.54, 1.807) is 23.3 Å². The highest BCUT2D eigenvalue weighted by molar-refractivity contribution is 7.07. The van der Waals surface area contributed by atoms with E-state index in [0.29, 0.717) is 45.4 Å². The van der Waals surface area contributed by atoms with Crippen molar-refractivity contribution in [2.45, 2.75) is 32.1 Å². The van der Waals surface area contributed by atoms with E-state index >= 15 is 0 Å². The molecule has 1 aromatic rings. The van der Waals surface area contributed by atoms with Gasteiger partial charge in [0, 0.05) is 26.8 Å². The third-order valence-electron chi connectivity index (χ3n) is 4.32. The number of rotatable bonds is 7. The van der Waals surface area contributed by atoms with Gasteiger partial charge in [0.1, 0.15) is 0 Å². The zero-order valence-electron chi connectivity index (χ0n) is 12.9. The summed E-state index contributed by atoms with van der Waals surface area (Å²) in [6.07, 6.45) is 2.99. The van der Waals surface area contributed by atoms with Crippen LogP contribution in [0.2, 0.25) is 0 Å². The molecule has 1 aliphatic rings. The van der Waals surface area contributed by atoms with Crippen molar-refractivity contribution >= 4 is 23.2 Å². The van der Waals surface area contributed by atoms with Crippen molar-refractivity contribution in [3.63, 3.8) is 0 Å². The molecule has 1 N–H and O–H groups in total. The molecule has 2 rings (SSSR count). The highest BCUT2D eigenvalue weighted by Gasteiger charge is 2.42. The van der Waals surface area contributed by atoms with Crippen molar-refractivity contribution in [1.29, 1.82) is 0 Å². The number of hydrogen-bond acceptors (Lipinski definition) is 4. The monoisotopic (exact) mass is 325 g/mol. The number of aliphatic carboxylic acids is 1. The molecular formula is C16H23NO4S. The van der Waals surface area contributed by atoms with Crippen LogP contribution in [0.25, 0.3) is 0 Å². The van der Waals surface area contributed by atoms with E-state index in [4.69, 9.17) is 4.74 Å². The highest BCUT2D eigenvalue weighted by atomic mass is 32.1. The van der Waals surface area contributed by atoms with Gasteiger partial charge in [-0.05, 0) is 48.1 Å². The quantitative estimate of drug-likeness (QED) is 0.782. The standard InChI is InChI=1S/C16H23NO4S/c1-21-8-3-6-16(15(19)20)5-2-7-17(12-16)14(18)10-13-4-9-22-11-13/h4,9,11H,2-3,5-8,10,12H2,1H3,(H,19,20)/t16-/m1/s1. The maximum atomic E-state index is 12.4. The predicted octanol–water partition coefficient (Wildman–Crippen LogP) is 2.41. The molecule has 1 aliphatic heterocycles. The fourth-order valence-electron chi connectivity index (χ4n) is 3.06. The summed E-state index contributed by atoms with van der Waals surface area (Å²) in [5.74, 6) is -0.771. The van der Waals surface area contributed by atoms with Crippen LogP contribution in [-0.4, -0.2) is 48.7 Å². The average Bonchev–Trinajstić information content (AvgIpc) is 3.00. The Morgan fingerprint density at radius 2 is 2.32 bits per heavy atom. The molecule has 1 saturated heterocycles. The minimum Gasteiger partial charge on any atom is -0.481 e. The third kappa shape index (κ3) is 4.08. The van der Waals surface area contributed by atoms with Gasteiger partial charge in [-0.25, -0.2) is 0 Å². The van der Waals surface area contributed by atoms with E-state index in [-0.39, 0.29) is 5.91 Å². The van der Waals surface area contributed by atoms with Crippen molar-refractivity contribution in [2.24, 2.45) is 5.41 Å². The second kappa shape index (κ2) is 7.74. The molecule has 1 amide bonds. The Hall–Kier alpha value is -1.40.